The van der Waals surface area contributed by atoms with E-state index >= 15 is 0 Å². The van der Waals surface area contributed by atoms with Crippen molar-refractivity contribution in [2.75, 3.05) is 14.1 Å². The third-order valence-electron chi connectivity index (χ3n) is 2.71. The van der Waals surface area contributed by atoms with Crippen LogP contribution >= 0.6 is 0 Å². The lowest BCUT2D eigenvalue weighted by molar-refractivity contribution is 0.0820. The molecule has 1 heterocycles. The molecular weight excluding hydrogens is 275 g/mol. The van der Waals surface area contributed by atoms with Crippen LogP contribution in [0.1, 0.15) is 16.1 Å². The van der Waals surface area contributed by atoms with Crippen molar-refractivity contribution in [2.24, 2.45) is 5.73 Å². The van der Waals surface area contributed by atoms with Crippen LogP contribution in [0.3, 0.4) is 0 Å². The number of carbonyl (C=O) groups is 1. The van der Waals surface area contributed by atoms with Crippen molar-refractivity contribution in [3.05, 3.63) is 47.4 Å². The molecule has 0 aliphatic rings. The Morgan fingerprint density at radius 1 is 1.29 bits per heavy atom. The van der Waals surface area contributed by atoms with Crippen LogP contribution in [0.2, 0.25) is 0 Å². The summed E-state index contributed by atoms with van der Waals surface area (Å²) in [6.45, 7) is 0.248. The van der Waals surface area contributed by atoms with E-state index in [9.17, 15) is 9.18 Å². The molecule has 1 aromatic heterocycles. The zero-order valence-corrected chi connectivity index (χ0v) is 11.7. The first-order chi connectivity index (χ1) is 10.0. The zero-order valence-electron chi connectivity index (χ0n) is 11.7. The van der Waals surface area contributed by atoms with Gasteiger partial charge in [-0.25, -0.2) is 4.39 Å². The molecular formula is C14H15FN4O2. The maximum Gasteiger partial charge on any atom is 0.273 e. The summed E-state index contributed by atoms with van der Waals surface area (Å²) in [4.78, 5) is 13.0. The first kappa shape index (κ1) is 14.9. The molecule has 6 nitrogen and oxygen atoms in total. The maximum atomic E-state index is 13.7. The molecule has 0 saturated carbocycles. The molecule has 2 rings (SSSR count). The van der Waals surface area contributed by atoms with Crippen molar-refractivity contribution in [2.45, 2.75) is 6.54 Å². The molecule has 2 aromatic rings. The third kappa shape index (κ3) is 3.51. The molecule has 0 radical (unpaired) electrons. The minimum absolute atomic E-state index is 0.0215. The van der Waals surface area contributed by atoms with Crippen molar-refractivity contribution >= 4 is 5.91 Å². The molecule has 2 N–H and O–H groups in total. The minimum Gasteiger partial charge on any atom is -0.434 e. The number of hydrogen-bond donors (Lipinski definition) is 1. The molecule has 0 unspecified atom stereocenters. The Morgan fingerprint density at radius 2 is 2.05 bits per heavy atom. The SMILES string of the molecule is CN(C)C(=O)c1ccc(Oc2ccc(CN)cc2F)nn1. The van der Waals surface area contributed by atoms with E-state index in [0.29, 0.717) is 5.56 Å². The molecule has 21 heavy (non-hydrogen) atoms. The van der Waals surface area contributed by atoms with Crippen LogP contribution in [0.15, 0.2) is 30.3 Å². The Labute approximate surface area is 121 Å². The zero-order chi connectivity index (χ0) is 15.4. The quantitative estimate of drug-likeness (QED) is 0.924. The van der Waals surface area contributed by atoms with E-state index in [4.69, 9.17) is 10.5 Å². The number of nitrogens with zero attached hydrogens (tertiary/aromatic N) is 3. The van der Waals surface area contributed by atoms with Gasteiger partial charge in [0.15, 0.2) is 17.3 Å². The van der Waals surface area contributed by atoms with Gasteiger partial charge in [0, 0.05) is 26.7 Å². The predicted molar refractivity (Wildman–Crippen MR) is 74.4 cm³/mol. The van der Waals surface area contributed by atoms with E-state index in [1.165, 1.54) is 29.2 Å². The van der Waals surface area contributed by atoms with Crippen molar-refractivity contribution in [3.63, 3.8) is 0 Å². The van der Waals surface area contributed by atoms with Crippen molar-refractivity contribution in [1.29, 1.82) is 0 Å². The number of benzene rings is 1. The molecule has 0 atom stereocenters. The summed E-state index contributed by atoms with van der Waals surface area (Å²) in [6, 6.07) is 7.36. The Bertz CT molecular complexity index is 644. The number of nitrogens with two attached hydrogens (primary N) is 1. The van der Waals surface area contributed by atoms with E-state index in [2.05, 4.69) is 10.2 Å². The lowest BCUT2D eigenvalue weighted by Crippen LogP contribution is -2.23. The Hall–Kier alpha value is -2.54. The lowest BCUT2D eigenvalue weighted by atomic mass is 10.2. The molecule has 0 bridgehead atoms. The highest BCUT2D eigenvalue weighted by Gasteiger charge is 2.12. The summed E-state index contributed by atoms with van der Waals surface area (Å²) >= 11 is 0. The van der Waals surface area contributed by atoms with Gasteiger partial charge >= 0.3 is 0 Å². The van der Waals surface area contributed by atoms with Gasteiger partial charge in [-0.3, -0.25) is 4.79 Å². The van der Waals surface area contributed by atoms with E-state index in [-0.39, 0.29) is 29.8 Å². The summed E-state index contributed by atoms with van der Waals surface area (Å²) in [5.41, 5.74) is 6.28. The average Bonchev–Trinajstić information content (AvgIpc) is 2.49. The van der Waals surface area contributed by atoms with Crippen LogP contribution in [-0.4, -0.2) is 35.1 Å². The highest BCUT2D eigenvalue weighted by atomic mass is 19.1. The highest BCUT2D eigenvalue weighted by Crippen LogP contribution is 2.23. The topological polar surface area (TPSA) is 81.3 Å². The third-order valence-corrected chi connectivity index (χ3v) is 2.71. The second-order valence-electron chi connectivity index (χ2n) is 4.53. The van der Waals surface area contributed by atoms with Crippen LogP contribution in [-0.2, 0) is 6.54 Å². The van der Waals surface area contributed by atoms with E-state index in [1.807, 2.05) is 0 Å². The molecule has 0 spiro atoms. The Morgan fingerprint density at radius 3 is 2.57 bits per heavy atom. The molecule has 0 aliphatic heterocycles. The van der Waals surface area contributed by atoms with Crippen LogP contribution in [0.4, 0.5) is 4.39 Å². The van der Waals surface area contributed by atoms with Gasteiger partial charge in [0.05, 0.1) is 0 Å². The van der Waals surface area contributed by atoms with Crippen molar-refractivity contribution < 1.29 is 13.9 Å². The van der Waals surface area contributed by atoms with Crippen LogP contribution in [0.25, 0.3) is 0 Å². The second-order valence-corrected chi connectivity index (χ2v) is 4.53. The fourth-order valence-electron chi connectivity index (χ4n) is 1.58. The summed E-state index contributed by atoms with van der Waals surface area (Å²) in [6.07, 6.45) is 0. The number of amides is 1. The summed E-state index contributed by atoms with van der Waals surface area (Å²) in [5, 5.41) is 7.50. The van der Waals surface area contributed by atoms with E-state index < -0.39 is 5.82 Å². The van der Waals surface area contributed by atoms with Gasteiger partial charge < -0.3 is 15.4 Å². The Balaban J connectivity index is 2.15. The number of aromatic nitrogens is 2. The highest BCUT2D eigenvalue weighted by molar-refractivity contribution is 5.91. The number of rotatable bonds is 4. The molecule has 0 saturated heterocycles. The molecule has 1 amide bonds. The second kappa shape index (κ2) is 6.27. The first-order valence-electron chi connectivity index (χ1n) is 6.23. The largest absolute Gasteiger partial charge is 0.434 e. The maximum absolute atomic E-state index is 13.7. The van der Waals surface area contributed by atoms with Crippen LogP contribution in [0, 0.1) is 5.82 Å². The first-order valence-corrected chi connectivity index (χ1v) is 6.23. The van der Waals surface area contributed by atoms with Crippen molar-refractivity contribution in [3.8, 4) is 11.6 Å². The molecule has 7 heteroatoms. The van der Waals surface area contributed by atoms with Gasteiger partial charge in [-0.15, -0.1) is 10.2 Å². The summed E-state index contributed by atoms with van der Waals surface area (Å²) < 4.78 is 19.0. The van der Waals surface area contributed by atoms with E-state index in [1.54, 1.807) is 20.2 Å². The smallest absolute Gasteiger partial charge is 0.273 e. The standard InChI is InChI=1S/C14H15FN4O2/c1-19(2)14(20)11-4-6-13(18-17-11)21-12-5-3-9(8-16)7-10(12)15/h3-7H,8,16H2,1-2H3. The van der Waals surface area contributed by atoms with Crippen molar-refractivity contribution in [1.82, 2.24) is 15.1 Å². The van der Waals surface area contributed by atoms with Gasteiger partial charge in [0.2, 0.25) is 5.88 Å². The summed E-state index contributed by atoms with van der Waals surface area (Å²) in [5.74, 6) is -0.682. The number of ether oxygens (including phenoxy) is 1. The fourth-order valence-corrected chi connectivity index (χ4v) is 1.58. The molecule has 0 fully saturated rings. The minimum atomic E-state index is -0.534. The molecule has 1 aromatic carbocycles. The van der Waals surface area contributed by atoms with Gasteiger partial charge in [0.1, 0.15) is 0 Å². The van der Waals surface area contributed by atoms with E-state index in [0.717, 1.165) is 0 Å². The average molecular weight is 290 g/mol. The molecule has 110 valence electrons. The van der Waals surface area contributed by atoms with Gasteiger partial charge in [-0.05, 0) is 23.8 Å². The molecule has 0 aliphatic carbocycles. The number of halogens is 1. The Kier molecular flexibility index (Phi) is 4.44. The lowest BCUT2D eigenvalue weighted by Gasteiger charge is -2.09. The number of hydrogen-bond acceptors (Lipinski definition) is 5. The monoisotopic (exact) mass is 290 g/mol. The summed E-state index contributed by atoms with van der Waals surface area (Å²) in [7, 11) is 3.23. The van der Waals surface area contributed by atoms with Crippen LogP contribution < -0.4 is 10.5 Å². The van der Waals surface area contributed by atoms with Gasteiger partial charge in [0.25, 0.3) is 5.91 Å². The predicted octanol–water partition coefficient (Wildman–Crippen LogP) is 1.57. The van der Waals surface area contributed by atoms with Gasteiger partial charge in [-0.2, -0.15) is 0 Å². The fraction of sp³-hybridized carbons (Fsp3) is 0.214. The van der Waals surface area contributed by atoms with Crippen LogP contribution in [0.5, 0.6) is 11.6 Å². The van der Waals surface area contributed by atoms with Gasteiger partial charge in [-0.1, -0.05) is 6.07 Å². The normalized spacial score (nSPS) is 10.3. The number of carbonyl (C=O) groups excluding carboxylic acids is 1.